The molecule has 1 aromatic heterocycles. The summed E-state index contributed by atoms with van der Waals surface area (Å²) >= 11 is 15.2. The highest BCUT2D eigenvalue weighted by Crippen LogP contribution is 2.31. The van der Waals surface area contributed by atoms with E-state index in [9.17, 15) is 0 Å². The van der Waals surface area contributed by atoms with Gasteiger partial charge >= 0.3 is 0 Å². The van der Waals surface area contributed by atoms with E-state index in [0.29, 0.717) is 22.5 Å². The summed E-state index contributed by atoms with van der Waals surface area (Å²) in [7, 11) is 0. The molecule has 0 fully saturated rings. The number of ether oxygens (including phenoxy) is 1. The Kier molecular flexibility index (Phi) is 5.08. The van der Waals surface area contributed by atoms with Gasteiger partial charge in [-0.05, 0) is 52.2 Å². The molecular weight excluding hydrogens is 349 g/mol. The number of benzene rings is 1. The zero-order chi connectivity index (χ0) is 13.8. The molecule has 2 aromatic rings. The lowest BCUT2D eigenvalue weighted by Crippen LogP contribution is -1.95. The first kappa shape index (κ1) is 14.6. The number of halogens is 3. The molecule has 1 heterocycles. The summed E-state index contributed by atoms with van der Waals surface area (Å²) in [5.74, 6) is 1.65. The van der Waals surface area contributed by atoms with E-state index in [2.05, 4.69) is 20.9 Å². The lowest BCUT2D eigenvalue weighted by molar-refractivity contribution is 0.457. The molecular formula is C14H12BrCl2NO. The van der Waals surface area contributed by atoms with Gasteiger partial charge in [0.15, 0.2) is 0 Å². The molecule has 0 spiro atoms. The number of nitrogens with zero attached hydrogens (tertiary/aromatic N) is 1. The highest BCUT2D eigenvalue weighted by atomic mass is 79.9. The number of hydrogen-bond donors (Lipinski definition) is 0. The summed E-state index contributed by atoms with van der Waals surface area (Å²) < 4.78 is 6.56. The SMILES string of the molecule is CCc1cc(CCl)cc(Oc2ccc(Cl)cc2Br)n1. The fourth-order valence-electron chi connectivity index (χ4n) is 1.60. The van der Waals surface area contributed by atoms with Crippen molar-refractivity contribution in [3.63, 3.8) is 0 Å². The molecule has 0 unspecified atom stereocenters. The normalized spacial score (nSPS) is 10.5. The van der Waals surface area contributed by atoms with E-state index in [-0.39, 0.29) is 0 Å². The van der Waals surface area contributed by atoms with Gasteiger partial charge in [-0.15, -0.1) is 11.6 Å². The number of rotatable bonds is 4. The summed E-state index contributed by atoms with van der Waals surface area (Å²) in [5.41, 5.74) is 1.95. The van der Waals surface area contributed by atoms with Crippen LogP contribution in [-0.2, 0) is 12.3 Å². The third-order valence-corrected chi connectivity index (χ3v) is 3.70. The largest absolute Gasteiger partial charge is 0.438 e. The van der Waals surface area contributed by atoms with E-state index in [0.717, 1.165) is 22.2 Å². The third kappa shape index (κ3) is 3.85. The molecule has 19 heavy (non-hydrogen) atoms. The van der Waals surface area contributed by atoms with Gasteiger partial charge < -0.3 is 4.74 Å². The van der Waals surface area contributed by atoms with Crippen LogP contribution < -0.4 is 4.74 Å². The van der Waals surface area contributed by atoms with E-state index < -0.39 is 0 Å². The van der Waals surface area contributed by atoms with Gasteiger partial charge in [-0.2, -0.15) is 0 Å². The van der Waals surface area contributed by atoms with E-state index >= 15 is 0 Å². The van der Waals surface area contributed by atoms with Gasteiger partial charge in [0, 0.05) is 22.7 Å². The number of alkyl halides is 1. The van der Waals surface area contributed by atoms with Crippen molar-refractivity contribution < 1.29 is 4.74 Å². The van der Waals surface area contributed by atoms with Crippen molar-refractivity contribution in [3.8, 4) is 11.6 Å². The van der Waals surface area contributed by atoms with Gasteiger partial charge in [0.25, 0.3) is 0 Å². The average molecular weight is 361 g/mol. The Hall–Kier alpha value is -0.770. The van der Waals surface area contributed by atoms with Crippen molar-refractivity contribution in [2.45, 2.75) is 19.2 Å². The van der Waals surface area contributed by atoms with E-state index in [1.165, 1.54) is 0 Å². The van der Waals surface area contributed by atoms with Gasteiger partial charge in [-0.1, -0.05) is 18.5 Å². The fraction of sp³-hybridized carbons (Fsp3) is 0.214. The summed E-state index contributed by atoms with van der Waals surface area (Å²) in [6, 6.07) is 9.17. The standard InChI is InChI=1S/C14H12BrCl2NO/c1-2-11-5-9(8-16)6-14(18-11)19-13-4-3-10(17)7-12(13)15/h3-7H,2,8H2,1H3. The van der Waals surface area contributed by atoms with Crippen LogP contribution in [0, 0.1) is 0 Å². The Morgan fingerprint density at radius 1 is 1.26 bits per heavy atom. The minimum atomic E-state index is 0.438. The Morgan fingerprint density at radius 3 is 2.68 bits per heavy atom. The molecule has 0 aliphatic heterocycles. The number of pyridine rings is 1. The molecule has 2 rings (SSSR count). The molecule has 1 aromatic carbocycles. The first-order valence-corrected chi connectivity index (χ1v) is 7.51. The predicted octanol–water partition coefficient (Wildman–Crippen LogP) is 5.59. The van der Waals surface area contributed by atoms with Crippen LogP contribution in [0.1, 0.15) is 18.2 Å². The van der Waals surface area contributed by atoms with Gasteiger partial charge in [-0.3, -0.25) is 0 Å². The molecule has 100 valence electrons. The predicted molar refractivity (Wildman–Crippen MR) is 82.4 cm³/mol. The molecule has 0 bridgehead atoms. The van der Waals surface area contributed by atoms with Gasteiger partial charge in [0.2, 0.25) is 5.88 Å². The summed E-state index contributed by atoms with van der Waals surface area (Å²) in [6.45, 7) is 2.04. The maximum absolute atomic E-state index is 5.90. The molecule has 0 aliphatic rings. The van der Waals surface area contributed by atoms with Gasteiger partial charge in [0.1, 0.15) is 5.75 Å². The van der Waals surface area contributed by atoms with Crippen LogP contribution in [0.3, 0.4) is 0 Å². The fourth-order valence-corrected chi connectivity index (χ4v) is 2.52. The van der Waals surface area contributed by atoms with Crippen LogP contribution in [0.25, 0.3) is 0 Å². The molecule has 0 saturated heterocycles. The minimum Gasteiger partial charge on any atom is -0.438 e. The van der Waals surface area contributed by atoms with Crippen LogP contribution >= 0.6 is 39.1 Å². The molecule has 2 nitrogen and oxygen atoms in total. The van der Waals surface area contributed by atoms with Crippen molar-refractivity contribution in [1.29, 1.82) is 0 Å². The molecule has 0 aliphatic carbocycles. The minimum absolute atomic E-state index is 0.438. The smallest absolute Gasteiger partial charge is 0.219 e. The highest BCUT2D eigenvalue weighted by Gasteiger charge is 2.07. The van der Waals surface area contributed by atoms with E-state index in [1.54, 1.807) is 18.2 Å². The Morgan fingerprint density at radius 2 is 2.05 bits per heavy atom. The Balaban J connectivity index is 2.31. The van der Waals surface area contributed by atoms with Crippen LogP contribution in [0.4, 0.5) is 0 Å². The Labute approximate surface area is 130 Å². The maximum Gasteiger partial charge on any atom is 0.219 e. The summed E-state index contributed by atoms with van der Waals surface area (Å²) in [4.78, 5) is 4.42. The molecule has 0 N–H and O–H groups in total. The van der Waals surface area contributed by atoms with Gasteiger partial charge in [0.05, 0.1) is 4.47 Å². The number of aromatic nitrogens is 1. The molecule has 0 amide bonds. The topological polar surface area (TPSA) is 22.1 Å². The Bertz CT molecular complexity index is 567. The second-order valence-electron chi connectivity index (χ2n) is 3.97. The second-order valence-corrected chi connectivity index (χ2v) is 5.53. The molecule has 0 saturated carbocycles. The van der Waals surface area contributed by atoms with Crippen molar-refractivity contribution in [3.05, 3.63) is 51.1 Å². The second kappa shape index (κ2) is 6.60. The highest BCUT2D eigenvalue weighted by molar-refractivity contribution is 9.10. The third-order valence-electron chi connectivity index (χ3n) is 2.54. The summed E-state index contributed by atoms with van der Waals surface area (Å²) in [5, 5.41) is 0.649. The average Bonchev–Trinajstić information content (AvgIpc) is 2.41. The van der Waals surface area contributed by atoms with Crippen molar-refractivity contribution in [2.24, 2.45) is 0 Å². The van der Waals surface area contributed by atoms with Crippen molar-refractivity contribution in [2.75, 3.05) is 0 Å². The van der Waals surface area contributed by atoms with Gasteiger partial charge in [-0.25, -0.2) is 4.98 Å². The first-order valence-electron chi connectivity index (χ1n) is 5.81. The van der Waals surface area contributed by atoms with Crippen LogP contribution in [0.2, 0.25) is 5.02 Å². The van der Waals surface area contributed by atoms with Crippen LogP contribution in [0.15, 0.2) is 34.8 Å². The molecule has 0 radical (unpaired) electrons. The van der Waals surface area contributed by atoms with Crippen molar-refractivity contribution >= 4 is 39.1 Å². The quantitative estimate of drug-likeness (QED) is 0.663. The molecule has 0 atom stereocenters. The summed E-state index contributed by atoms with van der Waals surface area (Å²) in [6.07, 6.45) is 0.836. The number of hydrogen-bond acceptors (Lipinski definition) is 2. The van der Waals surface area contributed by atoms with E-state index in [1.807, 2.05) is 19.1 Å². The lowest BCUT2D eigenvalue weighted by atomic mass is 10.2. The van der Waals surface area contributed by atoms with Crippen LogP contribution in [0.5, 0.6) is 11.6 Å². The lowest BCUT2D eigenvalue weighted by Gasteiger charge is -2.09. The molecule has 5 heteroatoms. The number of aryl methyl sites for hydroxylation is 1. The monoisotopic (exact) mass is 359 g/mol. The van der Waals surface area contributed by atoms with Crippen LogP contribution in [-0.4, -0.2) is 4.98 Å². The van der Waals surface area contributed by atoms with E-state index in [4.69, 9.17) is 27.9 Å². The zero-order valence-corrected chi connectivity index (χ0v) is 13.4. The van der Waals surface area contributed by atoms with Crippen molar-refractivity contribution in [1.82, 2.24) is 4.98 Å². The maximum atomic E-state index is 5.90. The zero-order valence-electron chi connectivity index (χ0n) is 10.3. The first-order chi connectivity index (χ1) is 9.12.